The van der Waals surface area contributed by atoms with Crippen LogP contribution in [0.25, 0.3) is 0 Å². The summed E-state index contributed by atoms with van der Waals surface area (Å²) in [4.78, 5) is 19.5. The average molecular weight is 263 g/mol. The van der Waals surface area contributed by atoms with E-state index in [2.05, 4.69) is 9.88 Å². The Bertz CT molecular complexity index is 448. The molecule has 0 aromatic carbocycles. The second kappa shape index (κ2) is 6.02. The van der Waals surface area contributed by atoms with Crippen molar-refractivity contribution in [2.45, 2.75) is 26.0 Å². The molecule has 104 valence electrons. The Balaban J connectivity index is 1.94. The number of rotatable bonds is 4. The first-order valence-electron chi connectivity index (χ1n) is 6.56. The Kier molecular flexibility index (Phi) is 4.37. The highest BCUT2D eigenvalue weighted by Crippen LogP contribution is 2.19. The highest BCUT2D eigenvalue weighted by atomic mass is 16.5. The summed E-state index contributed by atoms with van der Waals surface area (Å²) >= 11 is 0. The highest BCUT2D eigenvalue weighted by molar-refractivity contribution is 5.73. The molecule has 5 nitrogen and oxygen atoms in total. The number of carbonyl (C=O) groups is 1. The lowest BCUT2D eigenvalue weighted by Crippen LogP contribution is -2.28. The zero-order valence-electron chi connectivity index (χ0n) is 11.8. The molecule has 0 aliphatic carbocycles. The normalized spacial score (nSPS) is 18.9. The van der Waals surface area contributed by atoms with Crippen molar-refractivity contribution >= 4 is 5.91 Å². The molecule has 0 saturated carbocycles. The second-order valence-electron chi connectivity index (χ2n) is 5.21. The van der Waals surface area contributed by atoms with Gasteiger partial charge in [0, 0.05) is 38.7 Å². The fourth-order valence-electron chi connectivity index (χ4n) is 2.24. The fraction of sp³-hybridized carbons (Fsp3) is 0.571. The van der Waals surface area contributed by atoms with Crippen LogP contribution in [0.2, 0.25) is 0 Å². The average Bonchev–Trinajstić information content (AvgIpc) is 2.77. The van der Waals surface area contributed by atoms with Crippen molar-refractivity contribution in [3.05, 3.63) is 24.0 Å². The molecule has 0 spiro atoms. The monoisotopic (exact) mass is 263 g/mol. The van der Waals surface area contributed by atoms with Crippen molar-refractivity contribution in [3.63, 3.8) is 0 Å². The van der Waals surface area contributed by atoms with Gasteiger partial charge in [-0.15, -0.1) is 0 Å². The van der Waals surface area contributed by atoms with Crippen molar-refractivity contribution in [2.75, 3.05) is 27.2 Å². The predicted octanol–water partition coefficient (Wildman–Crippen LogP) is 1.14. The predicted molar refractivity (Wildman–Crippen MR) is 72.9 cm³/mol. The molecule has 2 heterocycles. The first-order chi connectivity index (χ1) is 9.04. The van der Waals surface area contributed by atoms with E-state index in [1.54, 1.807) is 13.1 Å². The molecule has 19 heavy (non-hydrogen) atoms. The summed E-state index contributed by atoms with van der Waals surface area (Å²) in [5.41, 5.74) is 0.990. The summed E-state index contributed by atoms with van der Waals surface area (Å²) in [5, 5.41) is 0. The van der Waals surface area contributed by atoms with E-state index in [1.807, 2.05) is 31.1 Å². The maximum absolute atomic E-state index is 11.3. The van der Waals surface area contributed by atoms with Gasteiger partial charge in [-0.25, -0.2) is 0 Å². The Morgan fingerprint density at radius 2 is 2.37 bits per heavy atom. The Morgan fingerprint density at radius 3 is 3.00 bits per heavy atom. The minimum absolute atomic E-state index is 0.0958. The number of hydrogen-bond acceptors (Lipinski definition) is 4. The molecule has 1 aromatic heterocycles. The molecule has 0 bridgehead atoms. The number of nitrogens with zero attached hydrogens (tertiary/aromatic N) is 3. The van der Waals surface area contributed by atoms with Crippen LogP contribution in [0.1, 0.15) is 19.0 Å². The smallest absolute Gasteiger partial charge is 0.219 e. The summed E-state index contributed by atoms with van der Waals surface area (Å²) < 4.78 is 5.93. The zero-order chi connectivity index (χ0) is 13.8. The third-order valence-electron chi connectivity index (χ3n) is 3.16. The maximum Gasteiger partial charge on any atom is 0.219 e. The van der Waals surface area contributed by atoms with Crippen LogP contribution in [0.15, 0.2) is 18.3 Å². The SMILES string of the molecule is CC(=O)N1CCC(Oc2ccnc(CN(C)C)c2)C1. The molecule has 1 saturated heterocycles. The third-order valence-corrected chi connectivity index (χ3v) is 3.16. The van der Waals surface area contributed by atoms with Gasteiger partial charge in [-0.2, -0.15) is 0 Å². The van der Waals surface area contributed by atoms with Crippen molar-refractivity contribution < 1.29 is 9.53 Å². The summed E-state index contributed by atoms with van der Waals surface area (Å²) in [6, 6.07) is 3.84. The van der Waals surface area contributed by atoms with Crippen LogP contribution in [0, 0.1) is 0 Å². The number of carbonyl (C=O) groups excluding carboxylic acids is 1. The molecule has 0 N–H and O–H groups in total. The number of ether oxygens (including phenoxy) is 1. The molecular formula is C14H21N3O2. The zero-order valence-corrected chi connectivity index (χ0v) is 11.8. The van der Waals surface area contributed by atoms with Gasteiger partial charge in [0.1, 0.15) is 11.9 Å². The Hall–Kier alpha value is -1.62. The van der Waals surface area contributed by atoms with E-state index in [0.717, 1.165) is 31.0 Å². The van der Waals surface area contributed by atoms with E-state index < -0.39 is 0 Å². The highest BCUT2D eigenvalue weighted by Gasteiger charge is 2.25. The lowest BCUT2D eigenvalue weighted by atomic mass is 10.3. The van der Waals surface area contributed by atoms with Crippen LogP contribution < -0.4 is 4.74 Å². The topological polar surface area (TPSA) is 45.7 Å². The van der Waals surface area contributed by atoms with E-state index in [4.69, 9.17) is 4.74 Å². The van der Waals surface area contributed by atoms with Gasteiger partial charge in [0.15, 0.2) is 0 Å². The lowest BCUT2D eigenvalue weighted by Gasteiger charge is -2.16. The molecule has 0 radical (unpaired) electrons. The van der Waals surface area contributed by atoms with Crippen molar-refractivity contribution in [1.82, 2.24) is 14.8 Å². The van der Waals surface area contributed by atoms with E-state index >= 15 is 0 Å². The van der Waals surface area contributed by atoms with Crippen LogP contribution in [0.3, 0.4) is 0 Å². The van der Waals surface area contributed by atoms with E-state index in [0.29, 0.717) is 6.54 Å². The number of aromatic nitrogens is 1. The number of hydrogen-bond donors (Lipinski definition) is 0. The van der Waals surface area contributed by atoms with Gasteiger partial charge in [0.05, 0.1) is 12.2 Å². The molecular weight excluding hydrogens is 242 g/mol. The molecule has 1 unspecified atom stereocenters. The molecule has 1 atom stereocenters. The second-order valence-corrected chi connectivity index (χ2v) is 5.21. The van der Waals surface area contributed by atoms with Crippen LogP contribution in [-0.4, -0.2) is 54.0 Å². The van der Waals surface area contributed by atoms with Crippen molar-refractivity contribution in [3.8, 4) is 5.75 Å². The van der Waals surface area contributed by atoms with Gasteiger partial charge < -0.3 is 14.5 Å². The standard InChI is InChI=1S/C14H21N3O2/c1-11(18)17-7-5-14(10-17)19-13-4-6-15-12(8-13)9-16(2)3/h4,6,8,14H,5,7,9-10H2,1-3H3. The summed E-state index contributed by atoms with van der Waals surface area (Å²) in [5.74, 6) is 0.955. The summed E-state index contributed by atoms with van der Waals surface area (Å²) in [7, 11) is 4.02. The molecule has 2 rings (SSSR count). The first-order valence-corrected chi connectivity index (χ1v) is 6.56. The molecule has 1 aromatic rings. The maximum atomic E-state index is 11.3. The van der Waals surface area contributed by atoms with E-state index in [1.165, 1.54) is 0 Å². The first kappa shape index (κ1) is 13.8. The van der Waals surface area contributed by atoms with Crippen molar-refractivity contribution in [2.24, 2.45) is 0 Å². The van der Waals surface area contributed by atoms with Gasteiger partial charge >= 0.3 is 0 Å². The van der Waals surface area contributed by atoms with Gasteiger partial charge in [0.25, 0.3) is 0 Å². The Morgan fingerprint density at radius 1 is 1.58 bits per heavy atom. The van der Waals surface area contributed by atoms with Crippen LogP contribution in [-0.2, 0) is 11.3 Å². The summed E-state index contributed by atoms with van der Waals surface area (Å²) in [6.07, 6.45) is 2.76. The van der Waals surface area contributed by atoms with Crippen molar-refractivity contribution in [1.29, 1.82) is 0 Å². The quantitative estimate of drug-likeness (QED) is 0.817. The minimum Gasteiger partial charge on any atom is -0.488 e. The van der Waals surface area contributed by atoms with Gasteiger partial charge in [-0.05, 0) is 20.2 Å². The van der Waals surface area contributed by atoms with Crippen LogP contribution in [0.5, 0.6) is 5.75 Å². The van der Waals surface area contributed by atoms with E-state index in [-0.39, 0.29) is 12.0 Å². The summed E-state index contributed by atoms with van der Waals surface area (Å²) in [6.45, 7) is 3.86. The van der Waals surface area contributed by atoms with Crippen LogP contribution in [0.4, 0.5) is 0 Å². The molecule has 1 aliphatic heterocycles. The largest absolute Gasteiger partial charge is 0.488 e. The van der Waals surface area contributed by atoms with Gasteiger partial charge in [0.2, 0.25) is 5.91 Å². The molecule has 1 amide bonds. The number of pyridine rings is 1. The third kappa shape index (κ3) is 3.92. The molecule has 5 heteroatoms. The van der Waals surface area contributed by atoms with E-state index in [9.17, 15) is 4.79 Å². The molecule has 1 aliphatic rings. The minimum atomic E-state index is 0.0958. The van der Waals surface area contributed by atoms with Gasteiger partial charge in [-0.3, -0.25) is 9.78 Å². The van der Waals surface area contributed by atoms with Crippen LogP contribution >= 0.6 is 0 Å². The number of amides is 1. The lowest BCUT2D eigenvalue weighted by molar-refractivity contribution is -0.128. The Labute approximate surface area is 114 Å². The van der Waals surface area contributed by atoms with Gasteiger partial charge in [-0.1, -0.05) is 0 Å². The fourth-order valence-corrected chi connectivity index (χ4v) is 2.24. The molecule has 1 fully saturated rings. The number of likely N-dealkylation sites (tertiary alicyclic amines) is 1.